The van der Waals surface area contributed by atoms with Gasteiger partial charge >= 0.3 is 5.97 Å². The van der Waals surface area contributed by atoms with E-state index >= 15 is 0 Å². The number of aryl methyl sites for hydroxylation is 2. The van der Waals surface area contributed by atoms with E-state index in [1.807, 2.05) is 30.7 Å². The summed E-state index contributed by atoms with van der Waals surface area (Å²) >= 11 is 0. The zero-order valence-electron chi connectivity index (χ0n) is 15.1. The van der Waals surface area contributed by atoms with Gasteiger partial charge in [0, 0.05) is 23.5 Å². The number of aromatic amines is 1. The first-order valence-corrected chi connectivity index (χ1v) is 8.69. The van der Waals surface area contributed by atoms with Gasteiger partial charge in [-0.15, -0.1) is 0 Å². The molecule has 2 aromatic heterocycles. The van der Waals surface area contributed by atoms with Crippen molar-refractivity contribution >= 4 is 16.9 Å². The topological polar surface area (TPSA) is 95.3 Å². The molecule has 0 fully saturated rings. The third kappa shape index (κ3) is 2.77. The van der Waals surface area contributed by atoms with Crippen LogP contribution >= 0.6 is 0 Å². The highest BCUT2D eigenvalue weighted by molar-refractivity contribution is 5.93. The van der Waals surface area contributed by atoms with Crippen LogP contribution in [-0.2, 0) is 19.9 Å². The van der Waals surface area contributed by atoms with Gasteiger partial charge in [0.25, 0.3) is 5.56 Å². The van der Waals surface area contributed by atoms with E-state index < -0.39 is 22.8 Å². The number of H-pyrrole nitrogens is 1. The number of benzene rings is 1. The third-order valence-electron chi connectivity index (χ3n) is 4.76. The highest BCUT2D eigenvalue weighted by Gasteiger charge is 2.23. The number of nitrogens with one attached hydrogen (secondary N) is 1. The largest absolute Gasteiger partial charge is 0.506 e. The second-order valence-corrected chi connectivity index (χ2v) is 6.42. The summed E-state index contributed by atoms with van der Waals surface area (Å²) in [6, 6.07) is 8.21. The van der Waals surface area contributed by atoms with Gasteiger partial charge in [0.1, 0.15) is 5.75 Å². The maximum absolute atomic E-state index is 12.2. The van der Waals surface area contributed by atoms with Gasteiger partial charge in [-0.05, 0) is 36.6 Å². The van der Waals surface area contributed by atoms with Crippen LogP contribution in [-0.4, -0.2) is 25.7 Å². The molecule has 0 spiro atoms. The van der Waals surface area contributed by atoms with E-state index in [2.05, 4.69) is 24.0 Å². The Balaban J connectivity index is 2.28. The number of aromatic nitrogens is 2. The number of carbonyl (C=O) groups is 1. The molecule has 0 atom stereocenters. The third-order valence-corrected chi connectivity index (χ3v) is 4.76. The van der Waals surface area contributed by atoms with Gasteiger partial charge in [-0.3, -0.25) is 4.79 Å². The second kappa shape index (κ2) is 6.71. The second-order valence-electron chi connectivity index (χ2n) is 6.42. The fraction of sp³-hybridized carbons (Fsp3) is 0.300. The summed E-state index contributed by atoms with van der Waals surface area (Å²) < 4.78 is 1.94. The number of aromatic carboxylic acids is 1. The molecule has 3 rings (SSSR count). The fourth-order valence-electron chi connectivity index (χ4n) is 3.47. The van der Waals surface area contributed by atoms with Gasteiger partial charge in [0.15, 0.2) is 5.56 Å². The highest BCUT2D eigenvalue weighted by atomic mass is 16.4. The molecule has 6 heteroatoms. The van der Waals surface area contributed by atoms with E-state index in [0.29, 0.717) is 17.7 Å². The first-order chi connectivity index (χ1) is 12.4. The van der Waals surface area contributed by atoms with E-state index in [1.165, 1.54) is 5.56 Å². The van der Waals surface area contributed by atoms with E-state index in [9.17, 15) is 19.8 Å². The Hall–Kier alpha value is -3.02. The molecule has 0 bridgehead atoms. The number of rotatable bonds is 5. The molecular weight excluding hydrogens is 332 g/mol. The minimum absolute atomic E-state index is 0.390. The molecule has 3 aromatic rings. The van der Waals surface area contributed by atoms with Crippen LogP contribution in [0.2, 0.25) is 0 Å². The van der Waals surface area contributed by atoms with E-state index in [4.69, 9.17) is 0 Å². The Morgan fingerprint density at radius 3 is 2.58 bits per heavy atom. The fourth-order valence-corrected chi connectivity index (χ4v) is 3.47. The van der Waals surface area contributed by atoms with Crippen LogP contribution in [0.3, 0.4) is 0 Å². The van der Waals surface area contributed by atoms with Crippen LogP contribution in [0.1, 0.15) is 41.8 Å². The molecule has 0 amide bonds. The molecule has 0 aliphatic rings. The smallest absolute Gasteiger partial charge is 0.345 e. The normalized spacial score (nSPS) is 11.2. The summed E-state index contributed by atoms with van der Waals surface area (Å²) in [4.78, 5) is 26.1. The van der Waals surface area contributed by atoms with Crippen LogP contribution < -0.4 is 5.56 Å². The van der Waals surface area contributed by atoms with Crippen molar-refractivity contribution in [1.29, 1.82) is 0 Å². The zero-order valence-corrected chi connectivity index (χ0v) is 15.1. The van der Waals surface area contributed by atoms with E-state index in [-0.39, 0.29) is 0 Å². The predicted molar refractivity (Wildman–Crippen MR) is 101 cm³/mol. The van der Waals surface area contributed by atoms with Crippen LogP contribution in [0.5, 0.6) is 5.75 Å². The van der Waals surface area contributed by atoms with Crippen LogP contribution in [0.25, 0.3) is 22.3 Å². The van der Waals surface area contributed by atoms with Crippen molar-refractivity contribution in [3.8, 4) is 17.1 Å². The Bertz CT molecular complexity index is 1060. The Morgan fingerprint density at radius 2 is 1.96 bits per heavy atom. The molecule has 136 valence electrons. The lowest BCUT2D eigenvalue weighted by molar-refractivity contribution is 0.0691. The molecule has 1 aromatic carbocycles. The Kier molecular flexibility index (Phi) is 4.59. The van der Waals surface area contributed by atoms with Crippen LogP contribution in [0.4, 0.5) is 0 Å². The summed E-state index contributed by atoms with van der Waals surface area (Å²) in [5, 5.41) is 20.6. The van der Waals surface area contributed by atoms with Crippen molar-refractivity contribution in [1.82, 2.24) is 9.55 Å². The monoisotopic (exact) mass is 354 g/mol. The van der Waals surface area contributed by atoms with Crippen molar-refractivity contribution in [2.45, 2.75) is 33.1 Å². The van der Waals surface area contributed by atoms with E-state index in [1.54, 1.807) is 0 Å². The first kappa shape index (κ1) is 17.8. The molecule has 6 nitrogen and oxygen atoms in total. The molecule has 0 aliphatic carbocycles. The van der Waals surface area contributed by atoms with Crippen molar-refractivity contribution in [2.75, 3.05) is 0 Å². The predicted octanol–water partition coefficient (Wildman–Crippen LogP) is 3.45. The molecule has 26 heavy (non-hydrogen) atoms. The molecule has 0 saturated carbocycles. The molecule has 2 heterocycles. The summed E-state index contributed by atoms with van der Waals surface area (Å²) in [5.74, 6) is -1.90. The van der Waals surface area contributed by atoms with Gasteiger partial charge in [-0.1, -0.05) is 26.3 Å². The van der Waals surface area contributed by atoms with Gasteiger partial charge in [-0.2, -0.15) is 0 Å². The number of fused-ring (bicyclic) bond motifs is 1. The molecular formula is C20H22N2O4. The summed E-state index contributed by atoms with van der Waals surface area (Å²) in [7, 11) is 1.89. The number of aromatic hydroxyl groups is 1. The first-order valence-electron chi connectivity index (χ1n) is 8.69. The summed E-state index contributed by atoms with van der Waals surface area (Å²) in [6.45, 7) is 3.94. The minimum Gasteiger partial charge on any atom is -0.506 e. The van der Waals surface area contributed by atoms with Gasteiger partial charge in [-0.25, -0.2) is 4.79 Å². The molecule has 0 unspecified atom stereocenters. The standard InChI is InChI=1S/C20H22N2O4/c1-4-6-11-7-8-14-12(9-11)10-15(22(14)3)17-13(5-2)18(23)16(20(25)26)19(24)21-17/h7-10H,4-6H2,1-3H3,(H,25,26)(H2,21,23,24). The Morgan fingerprint density at radius 1 is 1.23 bits per heavy atom. The lowest BCUT2D eigenvalue weighted by Gasteiger charge is -2.12. The van der Waals surface area contributed by atoms with Gasteiger partial charge in [0.05, 0.1) is 11.4 Å². The number of hydrogen-bond acceptors (Lipinski definition) is 3. The minimum atomic E-state index is -1.44. The number of carboxylic acids is 1. The lowest BCUT2D eigenvalue weighted by atomic mass is 10.0. The SMILES string of the molecule is CCCc1ccc2c(c1)cc(-c1[nH]c(=O)c(C(=O)O)c(O)c1CC)n2C. The highest BCUT2D eigenvalue weighted by Crippen LogP contribution is 2.33. The quantitative estimate of drug-likeness (QED) is 0.654. The molecule has 0 saturated heterocycles. The van der Waals surface area contributed by atoms with Crippen molar-refractivity contribution in [3.05, 3.63) is 51.3 Å². The maximum atomic E-state index is 12.2. The average molecular weight is 354 g/mol. The maximum Gasteiger partial charge on any atom is 0.345 e. The number of nitrogens with zero attached hydrogens (tertiary/aromatic N) is 1. The van der Waals surface area contributed by atoms with Crippen LogP contribution in [0, 0.1) is 0 Å². The van der Waals surface area contributed by atoms with E-state index in [0.717, 1.165) is 29.4 Å². The molecule has 0 aliphatic heterocycles. The number of hydrogen-bond donors (Lipinski definition) is 3. The summed E-state index contributed by atoms with van der Waals surface area (Å²) in [5.41, 5.74) is 2.43. The van der Waals surface area contributed by atoms with Gasteiger partial charge < -0.3 is 19.8 Å². The Labute approximate surface area is 150 Å². The van der Waals surface area contributed by atoms with Crippen molar-refractivity contribution in [3.63, 3.8) is 0 Å². The average Bonchev–Trinajstić information content (AvgIpc) is 2.90. The molecule has 3 N–H and O–H groups in total. The lowest BCUT2D eigenvalue weighted by Crippen LogP contribution is -2.20. The van der Waals surface area contributed by atoms with Crippen LogP contribution in [0.15, 0.2) is 29.1 Å². The summed E-state index contributed by atoms with van der Waals surface area (Å²) in [6.07, 6.45) is 2.44. The zero-order chi connectivity index (χ0) is 19.0. The number of carboxylic acid groups (broad SMARTS) is 1. The molecule has 0 radical (unpaired) electrons. The number of pyridine rings is 1. The van der Waals surface area contributed by atoms with Gasteiger partial charge in [0.2, 0.25) is 0 Å². The van der Waals surface area contributed by atoms with Crippen molar-refractivity contribution in [2.24, 2.45) is 7.05 Å². The van der Waals surface area contributed by atoms with Crippen molar-refractivity contribution < 1.29 is 15.0 Å².